The van der Waals surface area contributed by atoms with E-state index < -0.39 is 0 Å². The van der Waals surface area contributed by atoms with E-state index in [0.29, 0.717) is 17.8 Å². The van der Waals surface area contributed by atoms with E-state index in [0.717, 1.165) is 16.6 Å². The summed E-state index contributed by atoms with van der Waals surface area (Å²) in [5.74, 6) is 0.0191. The molecule has 2 aromatic carbocycles. The van der Waals surface area contributed by atoms with Crippen LogP contribution in [-0.4, -0.2) is 12.5 Å². The van der Waals surface area contributed by atoms with Crippen LogP contribution in [0.25, 0.3) is 0 Å². The van der Waals surface area contributed by atoms with Gasteiger partial charge in [-0.1, -0.05) is 28.1 Å². The number of amides is 1. The number of carbonyl (C=O) groups is 1. The molecule has 0 aliphatic carbocycles. The van der Waals surface area contributed by atoms with Crippen LogP contribution in [0.3, 0.4) is 0 Å². The molecule has 3 nitrogen and oxygen atoms in total. The van der Waals surface area contributed by atoms with Crippen molar-refractivity contribution in [3.05, 3.63) is 58.1 Å². The van der Waals surface area contributed by atoms with Gasteiger partial charge < -0.3 is 10.6 Å². The first-order valence-corrected chi connectivity index (χ1v) is 6.90. The van der Waals surface area contributed by atoms with E-state index in [1.807, 2.05) is 42.5 Å². The summed E-state index contributed by atoms with van der Waals surface area (Å²) in [6.07, 6.45) is 0.884. The highest BCUT2D eigenvalue weighted by atomic mass is 79.9. The molecule has 4 heteroatoms. The minimum Gasteiger partial charge on any atom is -0.399 e. The van der Waals surface area contributed by atoms with E-state index in [2.05, 4.69) is 15.9 Å². The van der Waals surface area contributed by atoms with E-state index in [1.54, 1.807) is 4.90 Å². The molecule has 3 rings (SSSR count). The first-order chi connectivity index (χ1) is 9.15. The zero-order chi connectivity index (χ0) is 13.4. The number of nitrogens with zero attached hydrogens (tertiary/aromatic N) is 1. The lowest BCUT2D eigenvalue weighted by Crippen LogP contribution is -2.28. The van der Waals surface area contributed by atoms with Crippen molar-refractivity contribution in [2.75, 3.05) is 17.2 Å². The molecule has 96 valence electrons. The summed E-state index contributed by atoms with van der Waals surface area (Å²) in [6.45, 7) is 0.712. The van der Waals surface area contributed by atoms with Crippen LogP contribution in [0.4, 0.5) is 11.4 Å². The van der Waals surface area contributed by atoms with E-state index >= 15 is 0 Å². The standard InChI is InChI=1S/C15H13BrN2O/c16-12-3-1-2-11(8-12)15(19)18-7-6-10-4-5-13(17)9-14(10)18/h1-5,8-9H,6-7,17H2. The Bertz CT molecular complexity index is 654. The van der Waals surface area contributed by atoms with Gasteiger partial charge in [-0.25, -0.2) is 0 Å². The van der Waals surface area contributed by atoms with Crippen LogP contribution in [-0.2, 0) is 6.42 Å². The molecule has 0 aromatic heterocycles. The smallest absolute Gasteiger partial charge is 0.258 e. The van der Waals surface area contributed by atoms with Crippen molar-refractivity contribution in [3.63, 3.8) is 0 Å². The molecular weight excluding hydrogens is 304 g/mol. The number of rotatable bonds is 1. The molecule has 0 fully saturated rings. The molecule has 2 N–H and O–H groups in total. The Morgan fingerprint density at radius 2 is 2.05 bits per heavy atom. The average molecular weight is 317 g/mol. The Balaban J connectivity index is 1.97. The normalized spacial score (nSPS) is 13.4. The Morgan fingerprint density at radius 3 is 2.84 bits per heavy atom. The summed E-state index contributed by atoms with van der Waals surface area (Å²) in [7, 11) is 0. The lowest BCUT2D eigenvalue weighted by Gasteiger charge is -2.17. The van der Waals surface area contributed by atoms with Gasteiger partial charge >= 0.3 is 0 Å². The second kappa shape index (κ2) is 4.70. The first-order valence-electron chi connectivity index (χ1n) is 6.11. The maximum atomic E-state index is 12.5. The van der Waals surface area contributed by atoms with Gasteiger partial charge in [-0.3, -0.25) is 4.79 Å². The number of hydrogen-bond donors (Lipinski definition) is 1. The molecule has 0 atom stereocenters. The van der Waals surface area contributed by atoms with Crippen LogP contribution >= 0.6 is 15.9 Å². The molecule has 0 unspecified atom stereocenters. The third-order valence-corrected chi connectivity index (χ3v) is 3.81. The molecule has 0 saturated carbocycles. The Labute approximate surface area is 120 Å². The largest absolute Gasteiger partial charge is 0.399 e. The summed E-state index contributed by atoms with van der Waals surface area (Å²) in [5, 5.41) is 0. The summed E-state index contributed by atoms with van der Waals surface area (Å²) in [5.41, 5.74) is 9.30. The summed E-state index contributed by atoms with van der Waals surface area (Å²) in [4.78, 5) is 14.3. The number of fused-ring (bicyclic) bond motifs is 1. The molecule has 0 bridgehead atoms. The predicted molar refractivity (Wildman–Crippen MR) is 80.4 cm³/mol. The quantitative estimate of drug-likeness (QED) is 0.821. The van der Waals surface area contributed by atoms with Crippen LogP contribution < -0.4 is 10.6 Å². The minimum atomic E-state index is 0.0191. The Kier molecular flexibility index (Phi) is 3.03. The molecule has 1 aliphatic rings. The van der Waals surface area contributed by atoms with E-state index in [9.17, 15) is 4.79 Å². The van der Waals surface area contributed by atoms with Gasteiger partial charge in [-0.2, -0.15) is 0 Å². The maximum Gasteiger partial charge on any atom is 0.258 e. The molecule has 19 heavy (non-hydrogen) atoms. The Hall–Kier alpha value is -1.81. The van der Waals surface area contributed by atoms with Crippen molar-refractivity contribution in [1.29, 1.82) is 0 Å². The minimum absolute atomic E-state index is 0.0191. The second-order valence-electron chi connectivity index (χ2n) is 4.61. The van der Waals surface area contributed by atoms with Gasteiger partial charge in [0.05, 0.1) is 0 Å². The van der Waals surface area contributed by atoms with Crippen LogP contribution in [0.5, 0.6) is 0 Å². The van der Waals surface area contributed by atoms with Crippen molar-refractivity contribution in [2.45, 2.75) is 6.42 Å². The van der Waals surface area contributed by atoms with Crippen LogP contribution in [0.2, 0.25) is 0 Å². The molecule has 2 aromatic rings. The highest BCUT2D eigenvalue weighted by Crippen LogP contribution is 2.31. The molecular formula is C15H13BrN2O. The van der Waals surface area contributed by atoms with Crippen LogP contribution in [0.1, 0.15) is 15.9 Å². The van der Waals surface area contributed by atoms with Gasteiger partial charge in [0.1, 0.15) is 0 Å². The maximum absolute atomic E-state index is 12.5. The number of carbonyl (C=O) groups excluding carboxylic acids is 1. The van der Waals surface area contributed by atoms with Gasteiger partial charge in [0, 0.05) is 28.0 Å². The summed E-state index contributed by atoms with van der Waals surface area (Å²) in [6, 6.07) is 13.2. The average Bonchev–Trinajstić information content (AvgIpc) is 2.80. The van der Waals surface area contributed by atoms with Gasteiger partial charge in [-0.15, -0.1) is 0 Å². The topological polar surface area (TPSA) is 46.3 Å². The third kappa shape index (κ3) is 2.24. The lowest BCUT2D eigenvalue weighted by molar-refractivity contribution is 0.0989. The monoisotopic (exact) mass is 316 g/mol. The molecule has 0 saturated heterocycles. The number of nitrogen functional groups attached to an aromatic ring is 1. The van der Waals surface area contributed by atoms with Crippen LogP contribution in [0.15, 0.2) is 46.9 Å². The highest BCUT2D eigenvalue weighted by molar-refractivity contribution is 9.10. The second-order valence-corrected chi connectivity index (χ2v) is 5.52. The van der Waals surface area contributed by atoms with Gasteiger partial charge in [0.2, 0.25) is 0 Å². The van der Waals surface area contributed by atoms with E-state index in [-0.39, 0.29) is 5.91 Å². The van der Waals surface area contributed by atoms with Crippen molar-refractivity contribution < 1.29 is 4.79 Å². The number of halogens is 1. The van der Waals surface area contributed by atoms with Gasteiger partial charge in [0.25, 0.3) is 5.91 Å². The number of nitrogens with two attached hydrogens (primary N) is 1. The molecule has 1 aliphatic heterocycles. The number of hydrogen-bond acceptors (Lipinski definition) is 2. The van der Waals surface area contributed by atoms with Gasteiger partial charge in [0.15, 0.2) is 0 Å². The zero-order valence-electron chi connectivity index (χ0n) is 10.3. The van der Waals surface area contributed by atoms with Crippen molar-refractivity contribution in [3.8, 4) is 0 Å². The summed E-state index contributed by atoms with van der Waals surface area (Å²) >= 11 is 3.39. The highest BCUT2D eigenvalue weighted by Gasteiger charge is 2.25. The molecule has 1 heterocycles. The fourth-order valence-corrected chi connectivity index (χ4v) is 2.78. The van der Waals surface area contributed by atoms with Crippen LogP contribution in [0, 0.1) is 0 Å². The number of anilines is 2. The fraction of sp³-hybridized carbons (Fsp3) is 0.133. The third-order valence-electron chi connectivity index (χ3n) is 3.32. The zero-order valence-corrected chi connectivity index (χ0v) is 11.9. The van der Waals surface area contributed by atoms with Crippen molar-refractivity contribution in [1.82, 2.24) is 0 Å². The Morgan fingerprint density at radius 1 is 1.21 bits per heavy atom. The predicted octanol–water partition coefficient (Wildman–Crippen LogP) is 3.23. The first kappa shape index (κ1) is 12.2. The molecule has 0 spiro atoms. The SMILES string of the molecule is Nc1ccc2c(c1)N(C(=O)c1cccc(Br)c1)CC2. The van der Waals surface area contributed by atoms with Crippen molar-refractivity contribution >= 4 is 33.2 Å². The van der Waals surface area contributed by atoms with E-state index in [4.69, 9.17) is 5.73 Å². The van der Waals surface area contributed by atoms with Gasteiger partial charge in [-0.05, 0) is 42.3 Å². The lowest BCUT2D eigenvalue weighted by atomic mass is 10.1. The summed E-state index contributed by atoms with van der Waals surface area (Å²) < 4.78 is 0.908. The van der Waals surface area contributed by atoms with E-state index in [1.165, 1.54) is 5.56 Å². The number of benzene rings is 2. The fourth-order valence-electron chi connectivity index (χ4n) is 2.38. The van der Waals surface area contributed by atoms with Crippen molar-refractivity contribution in [2.24, 2.45) is 0 Å². The molecule has 0 radical (unpaired) electrons. The molecule has 1 amide bonds.